The number of hydrogen-bond donors (Lipinski definition) is 2. The Morgan fingerprint density at radius 1 is 1.45 bits per heavy atom. The van der Waals surface area contributed by atoms with Crippen LogP contribution in [0.1, 0.15) is 22.4 Å². The first kappa shape index (κ1) is 23.8. The van der Waals surface area contributed by atoms with Gasteiger partial charge in [-0.2, -0.15) is 10.4 Å². The molecule has 1 amide bonds. The molecule has 0 unspecified atom stereocenters. The maximum Gasteiger partial charge on any atom is 0.278 e. The van der Waals surface area contributed by atoms with Crippen LogP contribution < -0.4 is 10.2 Å². The van der Waals surface area contributed by atoms with Crippen molar-refractivity contribution in [3.05, 3.63) is 46.1 Å². The molecule has 0 fully saturated rings. The summed E-state index contributed by atoms with van der Waals surface area (Å²) in [5.41, 5.74) is 4.49. The van der Waals surface area contributed by atoms with Crippen molar-refractivity contribution in [2.75, 3.05) is 13.7 Å². The quantitative estimate of drug-likeness (QED) is 0.262. The van der Waals surface area contributed by atoms with Gasteiger partial charge in [-0.05, 0) is 85.7 Å². The molecule has 8 nitrogen and oxygen atoms in total. The highest BCUT2D eigenvalue weighted by Crippen LogP contribution is 2.30. The van der Waals surface area contributed by atoms with Crippen LogP contribution in [0.4, 0.5) is 0 Å². The second kappa shape index (κ2) is 11.0. The Balaban J connectivity index is 2.05. The van der Waals surface area contributed by atoms with Crippen LogP contribution in [0.25, 0.3) is 0 Å². The fourth-order valence-electron chi connectivity index (χ4n) is 2.22. The lowest BCUT2D eigenvalue weighted by Crippen LogP contribution is -2.25. The lowest BCUT2D eigenvalue weighted by atomic mass is 10.1. The summed E-state index contributed by atoms with van der Waals surface area (Å²) in [6.45, 7) is 1.59. The van der Waals surface area contributed by atoms with Crippen LogP contribution in [0.3, 0.4) is 0 Å². The van der Waals surface area contributed by atoms with E-state index in [-0.39, 0.29) is 30.4 Å². The van der Waals surface area contributed by atoms with Gasteiger partial charge in [-0.3, -0.25) is 4.79 Å². The van der Waals surface area contributed by atoms with E-state index in [9.17, 15) is 15.2 Å². The molecule has 0 saturated heterocycles. The van der Waals surface area contributed by atoms with Gasteiger partial charge in [-0.15, -0.1) is 0 Å². The van der Waals surface area contributed by atoms with Gasteiger partial charge >= 0.3 is 0 Å². The molecular formula is C18H15BrI2N4O4. The maximum atomic E-state index is 12.0. The number of aromatic hydroxyl groups is 1. The van der Waals surface area contributed by atoms with Crippen LogP contribution in [0, 0.1) is 25.4 Å². The molecule has 29 heavy (non-hydrogen) atoms. The zero-order chi connectivity index (χ0) is 21.6. The number of amides is 1. The molecule has 0 aliphatic heterocycles. The van der Waals surface area contributed by atoms with Crippen LogP contribution in [0.15, 0.2) is 21.7 Å². The number of rotatable bonds is 7. The minimum absolute atomic E-state index is 0.0574. The van der Waals surface area contributed by atoms with Gasteiger partial charge in [0.15, 0.2) is 6.61 Å². The van der Waals surface area contributed by atoms with Gasteiger partial charge in [0, 0.05) is 17.1 Å². The zero-order valence-corrected chi connectivity index (χ0v) is 21.2. The van der Waals surface area contributed by atoms with E-state index < -0.39 is 5.91 Å². The van der Waals surface area contributed by atoms with Crippen LogP contribution in [-0.2, 0) is 16.1 Å². The number of carbonyl (C=O) groups is 1. The molecule has 0 spiro atoms. The molecule has 2 N–H and O–H groups in total. The highest BCUT2D eigenvalue weighted by molar-refractivity contribution is 14.1. The van der Waals surface area contributed by atoms with Crippen molar-refractivity contribution in [1.82, 2.24) is 10.4 Å². The monoisotopic (exact) mass is 684 g/mol. The van der Waals surface area contributed by atoms with Gasteiger partial charge in [0.25, 0.3) is 5.91 Å². The zero-order valence-electron chi connectivity index (χ0n) is 15.3. The standard InChI is InChI=1S/C18H15BrI2N4O4/c1-9-16(19)12(7-28-2)11(5-22)18(24-9)29-8-15(26)25-23-6-10-3-13(20)17(27)14(21)4-10/h3-4,6,27H,7-8H2,1-2H3,(H,25,26)/b23-6-. The van der Waals surface area contributed by atoms with Crippen LogP contribution in [0.5, 0.6) is 11.6 Å². The van der Waals surface area contributed by atoms with Crippen molar-refractivity contribution in [3.63, 3.8) is 0 Å². The van der Waals surface area contributed by atoms with Crippen LogP contribution in [-0.4, -0.2) is 35.9 Å². The Kier molecular flexibility index (Phi) is 9.05. The third-order valence-corrected chi connectivity index (χ3v) is 6.25. The Morgan fingerprint density at radius 2 is 2.10 bits per heavy atom. The van der Waals surface area contributed by atoms with Crippen LogP contribution in [0.2, 0.25) is 0 Å². The number of nitriles is 1. The van der Waals surface area contributed by atoms with Crippen molar-refractivity contribution < 1.29 is 19.4 Å². The van der Waals surface area contributed by atoms with E-state index >= 15 is 0 Å². The highest BCUT2D eigenvalue weighted by atomic mass is 127. The van der Waals surface area contributed by atoms with Crippen LogP contribution >= 0.6 is 61.1 Å². The summed E-state index contributed by atoms with van der Waals surface area (Å²) in [4.78, 5) is 16.2. The number of hydrazone groups is 1. The second-order valence-corrected chi connectivity index (χ2v) is 8.75. The lowest BCUT2D eigenvalue weighted by molar-refractivity contribution is -0.123. The number of pyridine rings is 1. The van der Waals surface area contributed by atoms with Crippen molar-refractivity contribution >= 4 is 73.2 Å². The summed E-state index contributed by atoms with van der Waals surface area (Å²) < 4.78 is 12.6. The molecule has 2 rings (SSSR count). The molecule has 0 radical (unpaired) electrons. The van der Waals surface area contributed by atoms with Gasteiger partial charge in [-0.1, -0.05) is 0 Å². The summed E-state index contributed by atoms with van der Waals surface area (Å²) in [5.74, 6) is -0.245. The molecule has 2 aromatic rings. The number of aromatic nitrogens is 1. The number of phenols is 1. The van der Waals surface area contributed by atoms with E-state index in [0.717, 1.165) is 5.56 Å². The fraction of sp³-hybridized carbons (Fsp3) is 0.222. The summed E-state index contributed by atoms with van der Waals surface area (Å²) in [6.07, 6.45) is 1.46. The summed E-state index contributed by atoms with van der Waals surface area (Å²) in [5, 5.41) is 23.1. The van der Waals surface area contributed by atoms with Gasteiger partial charge in [0.1, 0.15) is 17.4 Å². The lowest BCUT2D eigenvalue weighted by Gasteiger charge is -2.13. The van der Waals surface area contributed by atoms with Gasteiger partial charge in [0.05, 0.1) is 25.7 Å². The number of carbonyl (C=O) groups excluding carboxylic acids is 1. The third-order valence-electron chi connectivity index (χ3n) is 3.55. The largest absolute Gasteiger partial charge is 0.506 e. The minimum atomic E-state index is -0.510. The predicted octanol–water partition coefficient (Wildman–Crippen LogP) is 3.61. The molecule has 1 aromatic carbocycles. The molecule has 11 heteroatoms. The van der Waals surface area contributed by atoms with E-state index in [2.05, 4.69) is 31.4 Å². The van der Waals surface area contributed by atoms with Crippen molar-refractivity contribution in [2.24, 2.45) is 5.10 Å². The van der Waals surface area contributed by atoms with Crippen molar-refractivity contribution in [1.29, 1.82) is 5.26 Å². The highest BCUT2D eigenvalue weighted by Gasteiger charge is 2.18. The topological polar surface area (TPSA) is 117 Å². The second-order valence-electron chi connectivity index (χ2n) is 5.63. The molecule has 1 heterocycles. The van der Waals surface area contributed by atoms with Gasteiger partial charge in [0.2, 0.25) is 5.88 Å². The summed E-state index contributed by atoms with van der Waals surface area (Å²) in [7, 11) is 1.52. The molecular weight excluding hydrogens is 670 g/mol. The molecule has 0 atom stereocenters. The first-order valence-electron chi connectivity index (χ1n) is 7.99. The summed E-state index contributed by atoms with van der Waals surface area (Å²) >= 11 is 7.42. The Hall–Kier alpha value is -1.50. The van der Waals surface area contributed by atoms with Gasteiger partial charge < -0.3 is 14.6 Å². The molecule has 1 aromatic heterocycles. The number of ether oxygens (including phenoxy) is 2. The van der Waals surface area contributed by atoms with Crippen molar-refractivity contribution in [2.45, 2.75) is 13.5 Å². The number of hydrogen-bond acceptors (Lipinski definition) is 7. The number of halogens is 3. The van der Waals surface area contributed by atoms with Gasteiger partial charge in [-0.25, -0.2) is 10.4 Å². The number of methoxy groups -OCH3 is 1. The molecule has 0 saturated carbocycles. The Bertz CT molecular complexity index is 985. The number of nitrogens with zero attached hydrogens (tertiary/aromatic N) is 3. The minimum Gasteiger partial charge on any atom is -0.506 e. The first-order valence-corrected chi connectivity index (χ1v) is 10.9. The number of aryl methyl sites for hydroxylation is 1. The Morgan fingerprint density at radius 3 is 2.69 bits per heavy atom. The predicted molar refractivity (Wildman–Crippen MR) is 127 cm³/mol. The normalized spacial score (nSPS) is 10.8. The average molecular weight is 685 g/mol. The number of phenolic OH excluding ortho intramolecular Hbond substituents is 1. The first-order chi connectivity index (χ1) is 13.8. The van der Waals surface area contributed by atoms with E-state index in [4.69, 9.17) is 9.47 Å². The smallest absolute Gasteiger partial charge is 0.278 e. The Labute approximate surface area is 203 Å². The molecule has 152 valence electrons. The number of benzene rings is 1. The van der Waals surface area contributed by atoms with E-state index in [0.29, 0.717) is 22.9 Å². The summed E-state index contributed by atoms with van der Waals surface area (Å²) in [6, 6.07) is 5.50. The SMILES string of the molecule is COCc1c(Br)c(C)nc(OCC(=O)N/N=C\c2cc(I)c(O)c(I)c2)c1C#N. The van der Waals surface area contributed by atoms with E-state index in [1.54, 1.807) is 19.1 Å². The molecule has 0 aliphatic carbocycles. The number of nitrogens with one attached hydrogen (secondary N) is 1. The average Bonchev–Trinajstić information content (AvgIpc) is 2.68. The van der Waals surface area contributed by atoms with E-state index in [1.807, 2.05) is 51.3 Å². The molecule has 0 aliphatic rings. The van der Waals surface area contributed by atoms with Crippen molar-refractivity contribution in [3.8, 4) is 17.7 Å². The molecule has 0 bridgehead atoms. The maximum absolute atomic E-state index is 12.0. The van der Waals surface area contributed by atoms with E-state index in [1.165, 1.54) is 13.3 Å². The third kappa shape index (κ3) is 6.24. The fourth-order valence-corrected chi connectivity index (χ4v) is 4.44.